The standard InChI is InChI=1S/C23H27N3O5/c1-15-5-8-21(27)25(24-15)13-23(29)11-17-3-2-4-18(12-23)26(17)22(28)10-16-6-7-19-20(9-16)31-14-30-19/h5-9,17-18,29H,2-4,10-14H2,1H3/t17-,18-/m1/s1. The van der Waals surface area contributed by atoms with E-state index in [0.29, 0.717) is 30.8 Å². The number of rotatable bonds is 4. The molecule has 2 fully saturated rings. The number of aliphatic hydroxyl groups is 1. The lowest BCUT2D eigenvalue weighted by molar-refractivity contribution is -0.152. The molecule has 5 rings (SSSR count). The summed E-state index contributed by atoms with van der Waals surface area (Å²) in [6, 6.07) is 8.71. The summed E-state index contributed by atoms with van der Waals surface area (Å²) in [6.07, 6.45) is 3.98. The van der Waals surface area contributed by atoms with Crippen LogP contribution in [0.4, 0.5) is 0 Å². The van der Waals surface area contributed by atoms with Crippen LogP contribution in [0.3, 0.4) is 0 Å². The molecule has 2 aromatic rings. The second kappa shape index (κ2) is 7.67. The zero-order valence-corrected chi connectivity index (χ0v) is 17.6. The van der Waals surface area contributed by atoms with E-state index < -0.39 is 5.60 Å². The van der Waals surface area contributed by atoms with Crippen molar-refractivity contribution in [3.63, 3.8) is 0 Å². The minimum Gasteiger partial charge on any atom is -0.454 e. The number of hydrogen-bond acceptors (Lipinski definition) is 6. The minimum atomic E-state index is -1.05. The number of carbonyl (C=O) groups is 1. The fourth-order valence-corrected chi connectivity index (χ4v) is 5.32. The Morgan fingerprint density at radius 2 is 1.90 bits per heavy atom. The quantitative estimate of drug-likeness (QED) is 0.803. The van der Waals surface area contributed by atoms with Gasteiger partial charge in [0.05, 0.1) is 24.3 Å². The van der Waals surface area contributed by atoms with Crippen molar-refractivity contribution >= 4 is 5.91 Å². The van der Waals surface area contributed by atoms with Crippen molar-refractivity contribution in [1.82, 2.24) is 14.7 Å². The Hall–Kier alpha value is -2.87. The molecule has 1 amide bonds. The van der Waals surface area contributed by atoms with E-state index in [1.165, 1.54) is 10.7 Å². The van der Waals surface area contributed by atoms with E-state index in [-0.39, 0.29) is 36.9 Å². The van der Waals surface area contributed by atoms with Crippen molar-refractivity contribution in [1.29, 1.82) is 0 Å². The van der Waals surface area contributed by atoms with Crippen molar-refractivity contribution in [2.45, 2.75) is 69.7 Å². The molecule has 2 atom stereocenters. The first kappa shape index (κ1) is 20.1. The maximum absolute atomic E-state index is 13.3. The van der Waals surface area contributed by atoms with Crippen LogP contribution in [0.25, 0.3) is 0 Å². The third-order valence-corrected chi connectivity index (χ3v) is 6.62. The van der Waals surface area contributed by atoms with Crippen molar-refractivity contribution in [3.8, 4) is 11.5 Å². The van der Waals surface area contributed by atoms with Crippen LogP contribution in [0.1, 0.15) is 43.4 Å². The number of aromatic nitrogens is 2. The lowest BCUT2D eigenvalue weighted by atomic mass is 9.75. The smallest absolute Gasteiger partial charge is 0.266 e. The second-order valence-electron chi connectivity index (χ2n) is 9.01. The zero-order chi connectivity index (χ0) is 21.6. The predicted molar refractivity (Wildman–Crippen MR) is 112 cm³/mol. The molecule has 1 N–H and O–H groups in total. The van der Waals surface area contributed by atoms with Gasteiger partial charge in [0, 0.05) is 18.2 Å². The first-order chi connectivity index (χ1) is 14.9. The number of carbonyl (C=O) groups excluding carboxylic acids is 1. The van der Waals surface area contributed by atoms with Crippen molar-refractivity contribution < 1.29 is 19.4 Å². The number of hydrogen-bond donors (Lipinski definition) is 1. The Morgan fingerprint density at radius 3 is 2.68 bits per heavy atom. The minimum absolute atomic E-state index is 0.0282. The van der Waals surface area contributed by atoms with E-state index in [0.717, 1.165) is 30.5 Å². The van der Waals surface area contributed by atoms with Gasteiger partial charge in [0.25, 0.3) is 5.56 Å². The molecule has 0 radical (unpaired) electrons. The Kier molecular flexibility index (Phi) is 4.97. The van der Waals surface area contributed by atoms with Gasteiger partial charge in [0.2, 0.25) is 12.7 Å². The van der Waals surface area contributed by atoms with Crippen LogP contribution in [-0.4, -0.2) is 50.2 Å². The molecule has 4 heterocycles. The molecule has 3 aliphatic heterocycles. The average Bonchev–Trinajstić information content (AvgIpc) is 3.18. The van der Waals surface area contributed by atoms with Gasteiger partial charge in [0.1, 0.15) is 0 Å². The van der Waals surface area contributed by atoms with Crippen LogP contribution in [-0.2, 0) is 17.8 Å². The van der Waals surface area contributed by atoms with E-state index in [9.17, 15) is 14.7 Å². The number of piperidine rings is 2. The molecule has 0 spiro atoms. The van der Waals surface area contributed by atoms with Crippen LogP contribution >= 0.6 is 0 Å². The maximum Gasteiger partial charge on any atom is 0.266 e. The van der Waals surface area contributed by atoms with Crippen LogP contribution in [0.5, 0.6) is 11.5 Å². The van der Waals surface area contributed by atoms with E-state index in [2.05, 4.69) is 5.10 Å². The van der Waals surface area contributed by atoms with Gasteiger partial charge < -0.3 is 19.5 Å². The SMILES string of the molecule is Cc1ccc(=O)n(CC2(O)C[C@H]3CCC[C@H](C2)N3C(=O)Cc2ccc3c(c2)OCO3)n1. The summed E-state index contributed by atoms with van der Waals surface area (Å²) >= 11 is 0. The summed E-state index contributed by atoms with van der Waals surface area (Å²) in [5.41, 5.74) is 0.365. The molecule has 3 aliphatic rings. The molecule has 0 unspecified atom stereocenters. The number of nitrogens with zero attached hydrogens (tertiary/aromatic N) is 3. The highest BCUT2D eigenvalue weighted by atomic mass is 16.7. The normalized spacial score (nSPS) is 26.7. The van der Waals surface area contributed by atoms with Gasteiger partial charge in [-0.2, -0.15) is 5.10 Å². The van der Waals surface area contributed by atoms with Gasteiger partial charge in [-0.3, -0.25) is 9.59 Å². The number of benzene rings is 1. The first-order valence-electron chi connectivity index (χ1n) is 10.9. The summed E-state index contributed by atoms with van der Waals surface area (Å²) < 4.78 is 12.1. The highest BCUT2D eigenvalue weighted by Gasteiger charge is 2.47. The number of amides is 1. The zero-order valence-electron chi connectivity index (χ0n) is 17.6. The van der Waals surface area contributed by atoms with E-state index in [1.54, 1.807) is 6.07 Å². The fraction of sp³-hybridized carbons (Fsp3) is 0.522. The third-order valence-electron chi connectivity index (χ3n) is 6.62. The van der Waals surface area contributed by atoms with Crippen LogP contribution in [0, 0.1) is 6.92 Å². The van der Waals surface area contributed by atoms with Crippen molar-refractivity contribution in [2.75, 3.05) is 6.79 Å². The summed E-state index contributed by atoms with van der Waals surface area (Å²) in [7, 11) is 0. The highest BCUT2D eigenvalue weighted by molar-refractivity contribution is 5.80. The first-order valence-corrected chi connectivity index (χ1v) is 10.9. The van der Waals surface area contributed by atoms with E-state index in [1.807, 2.05) is 30.0 Å². The topological polar surface area (TPSA) is 93.9 Å². The van der Waals surface area contributed by atoms with Gasteiger partial charge in [-0.05, 0) is 62.8 Å². The molecule has 0 saturated carbocycles. The molecule has 2 saturated heterocycles. The van der Waals surface area contributed by atoms with Crippen LogP contribution in [0.15, 0.2) is 35.1 Å². The largest absolute Gasteiger partial charge is 0.454 e. The second-order valence-corrected chi connectivity index (χ2v) is 9.01. The summed E-state index contributed by atoms with van der Waals surface area (Å²) in [4.78, 5) is 27.4. The molecular weight excluding hydrogens is 398 g/mol. The third kappa shape index (κ3) is 3.92. The molecule has 0 aliphatic carbocycles. The summed E-state index contributed by atoms with van der Waals surface area (Å²) in [6.45, 7) is 2.19. The van der Waals surface area contributed by atoms with Crippen molar-refractivity contribution in [2.24, 2.45) is 0 Å². The molecule has 2 bridgehead atoms. The summed E-state index contributed by atoms with van der Waals surface area (Å²) in [5.74, 6) is 1.45. The van der Waals surface area contributed by atoms with E-state index >= 15 is 0 Å². The number of aryl methyl sites for hydroxylation is 1. The van der Waals surface area contributed by atoms with Crippen molar-refractivity contribution in [3.05, 3.63) is 51.9 Å². The van der Waals surface area contributed by atoms with Crippen LogP contribution < -0.4 is 15.0 Å². The fourth-order valence-electron chi connectivity index (χ4n) is 5.32. The molecule has 8 heteroatoms. The Bertz CT molecular complexity index is 1050. The Balaban J connectivity index is 1.32. The van der Waals surface area contributed by atoms with Gasteiger partial charge in [-0.15, -0.1) is 0 Å². The lowest BCUT2D eigenvalue weighted by Gasteiger charge is -2.52. The molecule has 31 heavy (non-hydrogen) atoms. The molecule has 8 nitrogen and oxygen atoms in total. The maximum atomic E-state index is 13.3. The molecule has 1 aromatic carbocycles. The monoisotopic (exact) mass is 425 g/mol. The van der Waals surface area contributed by atoms with Gasteiger partial charge >= 0.3 is 0 Å². The molecular formula is C23H27N3O5. The van der Waals surface area contributed by atoms with Gasteiger partial charge in [-0.25, -0.2) is 4.68 Å². The average molecular weight is 425 g/mol. The van der Waals surface area contributed by atoms with E-state index in [4.69, 9.17) is 9.47 Å². The van der Waals surface area contributed by atoms with Gasteiger partial charge in [-0.1, -0.05) is 6.07 Å². The predicted octanol–water partition coefficient (Wildman–Crippen LogP) is 1.80. The number of ether oxygens (including phenoxy) is 2. The lowest BCUT2D eigenvalue weighted by Crippen LogP contribution is -2.61. The Labute approximate surface area is 180 Å². The van der Waals surface area contributed by atoms with Gasteiger partial charge in [0.15, 0.2) is 11.5 Å². The van der Waals surface area contributed by atoms with Crippen LogP contribution in [0.2, 0.25) is 0 Å². The highest BCUT2D eigenvalue weighted by Crippen LogP contribution is 2.40. The molecule has 164 valence electrons. The summed E-state index contributed by atoms with van der Waals surface area (Å²) in [5, 5.41) is 15.7. The Morgan fingerprint density at radius 1 is 1.16 bits per heavy atom. The number of fused-ring (bicyclic) bond motifs is 3. The molecule has 1 aromatic heterocycles.